The molecular formula is C13H22N2OS. The van der Waals surface area contributed by atoms with Crippen molar-refractivity contribution in [1.29, 1.82) is 0 Å². The molecule has 96 valence electrons. The first-order chi connectivity index (χ1) is 8.22. The molecule has 0 radical (unpaired) electrons. The Morgan fingerprint density at radius 2 is 2.47 bits per heavy atom. The molecule has 0 aliphatic carbocycles. The average Bonchev–Trinajstić information content (AvgIpc) is 2.83. The summed E-state index contributed by atoms with van der Waals surface area (Å²) >= 11 is 1.78. The van der Waals surface area contributed by atoms with Crippen LogP contribution in [-0.2, 0) is 0 Å². The molecule has 1 saturated heterocycles. The van der Waals surface area contributed by atoms with E-state index < -0.39 is 0 Å². The number of rotatable bonds is 4. The Labute approximate surface area is 107 Å². The van der Waals surface area contributed by atoms with Gasteiger partial charge in [0.2, 0.25) is 0 Å². The standard InChI is InChI=1S/C13H22N2OS/c1-10(14)13(12-5-3-7-17-12)15-6-2-4-11(8-15)9-16/h3,5,7,10-11,13,16H,2,4,6,8-9,14H2,1H3. The molecule has 0 bridgehead atoms. The number of likely N-dealkylation sites (tertiary alicyclic amines) is 1. The molecule has 1 fully saturated rings. The molecule has 0 amide bonds. The van der Waals surface area contributed by atoms with Gasteiger partial charge in [0.15, 0.2) is 0 Å². The van der Waals surface area contributed by atoms with Gasteiger partial charge in [-0.1, -0.05) is 6.07 Å². The number of nitrogens with two attached hydrogens (primary N) is 1. The number of thiophene rings is 1. The van der Waals surface area contributed by atoms with Crippen LogP contribution in [-0.4, -0.2) is 35.7 Å². The van der Waals surface area contributed by atoms with Crippen molar-refractivity contribution in [2.24, 2.45) is 11.7 Å². The van der Waals surface area contributed by atoms with E-state index in [1.165, 1.54) is 11.3 Å². The summed E-state index contributed by atoms with van der Waals surface area (Å²) in [6, 6.07) is 4.69. The zero-order valence-corrected chi connectivity index (χ0v) is 11.2. The maximum absolute atomic E-state index is 9.30. The summed E-state index contributed by atoms with van der Waals surface area (Å²) in [5, 5.41) is 11.4. The van der Waals surface area contributed by atoms with Crippen LogP contribution in [0.15, 0.2) is 17.5 Å². The van der Waals surface area contributed by atoms with E-state index in [0.29, 0.717) is 18.6 Å². The third-order valence-corrected chi connectivity index (χ3v) is 4.48. The van der Waals surface area contributed by atoms with Crippen molar-refractivity contribution in [1.82, 2.24) is 4.90 Å². The molecule has 3 atom stereocenters. The Morgan fingerprint density at radius 1 is 1.65 bits per heavy atom. The number of nitrogens with zero attached hydrogens (tertiary/aromatic N) is 1. The predicted octanol–water partition coefficient (Wildman–Crippen LogP) is 1.84. The average molecular weight is 254 g/mol. The molecule has 2 heterocycles. The number of hydrogen-bond acceptors (Lipinski definition) is 4. The zero-order chi connectivity index (χ0) is 12.3. The summed E-state index contributed by atoms with van der Waals surface area (Å²) in [5.41, 5.74) is 6.15. The second kappa shape index (κ2) is 5.96. The van der Waals surface area contributed by atoms with Crippen LogP contribution in [0, 0.1) is 5.92 Å². The van der Waals surface area contributed by atoms with Gasteiger partial charge in [-0.15, -0.1) is 11.3 Å². The minimum Gasteiger partial charge on any atom is -0.396 e. The summed E-state index contributed by atoms with van der Waals surface area (Å²) in [4.78, 5) is 3.79. The molecule has 0 spiro atoms. The summed E-state index contributed by atoms with van der Waals surface area (Å²) in [5.74, 6) is 0.421. The fourth-order valence-corrected chi connectivity index (χ4v) is 3.70. The van der Waals surface area contributed by atoms with E-state index in [-0.39, 0.29) is 6.04 Å². The van der Waals surface area contributed by atoms with Crippen LogP contribution < -0.4 is 5.73 Å². The minimum absolute atomic E-state index is 0.131. The maximum Gasteiger partial charge on any atom is 0.0590 e. The highest BCUT2D eigenvalue weighted by atomic mass is 32.1. The largest absolute Gasteiger partial charge is 0.396 e. The molecule has 3 N–H and O–H groups in total. The number of hydrogen-bond donors (Lipinski definition) is 2. The highest BCUT2D eigenvalue weighted by molar-refractivity contribution is 7.10. The van der Waals surface area contributed by atoms with Crippen molar-refractivity contribution in [2.45, 2.75) is 31.8 Å². The van der Waals surface area contributed by atoms with Crippen LogP contribution in [0.5, 0.6) is 0 Å². The lowest BCUT2D eigenvalue weighted by Crippen LogP contribution is -2.45. The normalized spacial score (nSPS) is 25.7. The Hall–Kier alpha value is -0.420. The molecule has 1 aromatic rings. The third kappa shape index (κ3) is 3.07. The Kier molecular flexibility index (Phi) is 4.56. The number of aliphatic hydroxyl groups excluding tert-OH is 1. The highest BCUT2D eigenvalue weighted by Crippen LogP contribution is 2.31. The molecule has 1 aliphatic rings. The smallest absolute Gasteiger partial charge is 0.0590 e. The lowest BCUT2D eigenvalue weighted by atomic mass is 9.95. The number of aliphatic hydroxyl groups is 1. The first kappa shape index (κ1) is 13.0. The lowest BCUT2D eigenvalue weighted by Gasteiger charge is -2.39. The van der Waals surface area contributed by atoms with Crippen LogP contribution in [0.25, 0.3) is 0 Å². The van der Waals surface area contributed by atoms with E-state index in [2.05, 4.69) is 29.3 Å². The molecule has 1 aromatic heterocycles. The van der Waals surface area contributed by atoms with Gasteiger partial charge in [-0.2, -0.15) is 0 Å². The molecule has 1 aliphatic heterocycles. The van der Waals surface area contributed by atoms with E-state index in [1.54, 1.807) is 11.3 Å². The van der Waals surface area contributed by atoms with Crippen molar-refractivity contribution in [3.63, 3.8) is 0 Å². The van der Waals surface area contributed by atoms with E-state index in [0.717, 1.165) is 19.5 Å². The molecule has 0 aromatic carbocycles. The van der Waals surface area contributed by atoms with Gasteiger partial charge in [0.1, 0.15) is 0 Å². The van der Waals surface area contributed by atoms with Gasteiger partial charge in [0.25, 0.3) is 0 Å². The van der Waals surface area contributed by atoms with Crippen LogP contribution >= 0.6 is 11.3 Å². The van der Waals surface area contributed by atoms with Gasteiger partial charge in [0.05, 0.1) is 6.04 Å². The maximum atomic E-state index is 9.30. The first-order valence-electron chi connectivity index (χ1n) is 6.36. The molecule has 2 rings (SSSR count). The van der Waals surface area contributed by atoms with Crippen molar-refractivity contribution in [2.75, 3.05) is 19.7 Å². The Morgan fingerprint density at radius 3 is 3.06 bits per heavy atom. The SMILES string of the molecule is CC(N)C(c1cccs1)N1CCCC(CO)C1. The van der Waals surface area contributed by atoms with Gasteiger partial charge in [0, 0.05) is 24.1 Å². The third-order valence-electron chi connectivity index (χ3n) is 3.53. The van der Waals surface area contributed by atoms with Crippen LogP contribution in [0.4, 0.5) is 0 Å². The fourth-order valence-electron chi connectivity index (χ4n) is 2.73. The molecule has 0 saturated carbocycles. The zero-order valence-electron chi connectivity index (χ0n) is 10.4. The van der Waals surface area contributed by atoms with E-state index in [4.69, 9.17) is 5.73 Å². The van der Waals surface area contributed by atoms with Gasteiger partial charge in [-0.25, -0.2) is 0 Å². The van der Waals surface area contributed by atoms with Crippen molar-refractivity contribution in [3.05, 3.63) is 22.4 Å². The molecule has 17 heavy (non-hydrogen) atoms. The van der Waals surface area contributed by atoms with Crippen LogP contribution in [0.3, 0.4) is 0 Å². The molecule has 4 heteroatoms. The van der Waals surface area contributed by atoms with Crippen molar-refractivity contribution < 1.29 is 5.11 Å². The summed E-state index contributed by atoms with van der Waals surface area (Å²) in [6.45, 7) is 4.45. The van der Waals surface area contributed by atoms with E-state index >= 15 is 0 Å². The Bertz CT molecular complexity index is 326. The van der Waals surface area contributed by atoms with Crippen LogP contribution in [0.2, 0.25) is 0 Å². The predicted molar refractivity (Wildman–Crippen MR) is 72.1 cm³/mol. The highest BCUT2D eigenvalue weighted by Gasteiger charge is 2.29. The second-order valence-electron chi connectivity index (χ2n) is 5.01. The monoisotopic (exact) mass is 254 g/mol. The quantitative estimate of drug-likeness (QED) is 0.862. The topological polar surface area (TPSA) is 49.5 Å². The first-order valence-corrected chi connectivity index (χ1v) is 7.24. The fraction of sp³-hybridized carbons (Fsp3) is 0.692. The summed E-state index contributed by atoms with van der Waals surface area (Å²) in [6.07, 6.45) is 2.31. The Balaban J connectivity index is 2.11. The van der Waals surface area contributed by atoms with Crippen molar-refractivity contribution >= 4 is 11.3 Å². The van der Waals surface area contributed by atoms with E-state index in [1.807, 2.05) is 0 Å². The van der Waals surface area contributed by atoms with Crippen LogP contribution in [0.1, 0.15) is 30.7 Å². The summed E-state index contributed by atoms with van der Waals surface area (Å²) in [7, 11) is 0. The van der Waals surface area contributed by atoms with Gasteiger partial charge < -0.3 is 10.8 Å². The lowest BCUT2D eigenvalue weighted by molar-refractivity contribution is 0.0806. The number of piperidine rings is 1. The molecular weight excluding hydrogens is 232 g/mol. The molecule has 3 nitrogen and oxygen atoms in total. The van der Waals surface area contributed by atoms with Gasteiger partial charge in [-0.05, 0) is 43.7 Å². The second-order valence-corrected chi connectivity index (χ2v) is 5.98. The van der Waals surface area contributed by atoms with Gasteiger partial charge >= 0.3 is 0 Å². The van der Waals surface area contributed by atoms with Crippen molar-refractivity contribution in [3.8, 4) is 0 Å². The summed E-state index contributed by atoms with van der Waals surface area (Å²) < 4.78 is 0. The van der Waals surface area contributed by atoms with Gasteiger partial charge in [-0.3, -0.25) is 4.90 Å². The minimum atomic E-state index is 0.131. The van der Waals surface area contributed by atoms with E-state index in [9.17, 15) is 5.11 Å². The molecule has 3 unspecified atom stereocenters.